The van der Waals surface area contributed by atoms with E-state index in [9.17, 15) is 0 Å². The third-order valence-electron chi connectivity index (χ3n) is 2.19. The van der Waals surface area contributed by atoms with Gasteiger partial charge in [0.2, 0.25) is 0 Å². The summed E-state index contributed by atoms with van der Waals surface area (Å²) in [5.41, 5.74) is 1.28. The van der Waals surface area contributed by atoms with E-state index in [0.29, 0.717) is 6.61 Å². The quantitative estimate of drug-likeness (QED) is 0.801. The Balaban J connectivity index is 2.31. The fourth-order valence-corrected chi connectivity index (χ4v) is 2.71. The second-order valence-electron chi connectivity index (χ2n) is 3.76. The van der Waals surface area contributed by atoms with Crippen LogP contribution in [0.1, 0.15) is 19.4 Å². The minimum Gasteiger partial charge on any atom is -0.374 e. The second-order valence-corrected chi connectivity index (χ2v) is 5.59. The summed E-state index contributed by atoms with van der Waals surface area (Å²) in [6.07, 6.45) is 0.284. The number of halogens is 1. The van der Waals surface area contributed by atoms with E-state index in [4.69, 9.17) is 4.74 Å². The van der Waals surface area contributed by atoms with E-state index in [1.54, 1.807) is 11.3 Å². The largest absolute Gasteiger partial charge is 0.374 e. The van der Waals surface area contributed by atoms with Gasteiger partial charge in [-0.2, -0.15) is 0 Å². The summed E-state index contributed by atoms with van der Waals surface area (Å²) in [6.45, 7) is 4.82. The lowest BCUT2D eigenvalue weighted by Gasteiger charge is -2.06. The third-order valence-corrected chi connectivity index (χ3v) is 3.69. The van der Waals surface area contributed by atoms with Crippen LogP contribution in [0.5, 0.6) is 0 Å². The van der Waals surface area contributed by atoms with Crippen molar-refractivity contribution in [3.05, 3.63) is 33.6 Å². The molecule has 0 atom stereocenters. The third kappa shape index (κ3) is 2.60. The molecule has 1 nitrogen and oxygen atoms in total. The highest BCUT2D eigenvalue weighted by Gasteiger charge is 2.05. The van der Waals surface area contributed by atoms with Crippen LogP contribution < -0.4 is 0 Å². The van der Waals surface area contributed by atoms with Crippen molar-refractivity contribution in [3.8, 4) is 0 Å². The number of rotatable bonds is 3. The van der Waals surface area contributed by atoms with Crippen molar-refractivity contribution >= 4 is 37.4 Å². The molecule has 0 aliphatic heterocycles. The van der Waals surface area contributed by atoms with Crippen LogP contribution in [0.3, 0.4) is 0 Å². The van der Waals surface area contributed by atoms with Crippen molar-refractivity contribution in [1.82, 2.24) is 0 Å². The standard InChI is InChI=1S/C12H13BrOS/c1-8(2)14-6-9-7-15-12-4-3-10(13)5-11(9)12/h3-5,7-8H,6H2,1-2H3. The molecule has 2 aromatic rings. The van der Waals surface area contributed by atoms with E-state index in [2.05, 4.69) is 53.4 Å². The first-order chi connectivity index (χ1) is 7.16. The second kappa shape index (κ2) is 4.64. The Kier molecular flexibility index (Phi) is 3.44. The van der Waals surface area contributed by atoms with Crippen LogP contribution in [-0.4, -0.2) is 6.10 Å². The summed E-state index contributed by atoms with van der Waals surface area (Å²) in [4.78, 5) is 0. The molecule has 1 heterocycles. The molecule has 1 aromatic carbocycles. The first-order valence-electron chi connectivity index (χ1n) is 4.94. The number of hydrogen-bond donors (Lipinski definition) is 0. The number of benzene rings is 1. The zero-order valence-corrected chi connectivity index (χ0v) is 11.2. The monoisotopic (exact) mass is 284 g/mol. The SMILES string of the molecule is CC(C)OCc1csc2ccc(Br)cc12. The highest BCUT2D eigenvalue weighted by atomic mass is 79.9. The summed E-state index contributed by atoms with van der Waals surface area (Å²) in [7, 11) is 0. The smallest absolute Gasteiger partial charge is 0.0734 e. The van der Waals surface area contributed by atoms with Crippen LogP contribution in [-0.2, 0) is 11.3 Å². The lowest BCUT2D eigenvalue weighted by atomic mass is 10.2. The predicted molar refractivity (Wildman–Crippen MR) is 69.5 cm³/mol. The van der Waals surface area contributed by atoms with E-state index >= 15 is 0 Å². The van der Waals surface area contributed by atoms with Gasteiger partial charge in [0.25, 0.3) is 0 Å². The van der Waals surface area contributed by atoms with Gasteiger partial charge in [-0.3, -0.25) is 0 Å². The Morgan fingerprint density at radius 1 is 1.40 bits per heavy atom. The van der Waals surface area contributed by atoms with Gasteiger partial charge in [0.1, 0.15) is 0 Å². The molecule has 15 heavy (non-hydrogen) atoms. The van der Waals surface area contributed by atoms with Crippen molar-refractivity contribution in [2.45, 2.75) is 26.6 Å². The van der Waals surface area contributed by atoms with Crippen molar-refractivity contribution < 1.29 is 4.74 Å². The molecule has 0 bridgehead atoms. The normalized spacial score (nSPS) is 11.5. The maximum Gasteiger partial charge on any atom is 0.0734 e. The molecular weight excluding hydrogens is 272 g/mol. The lowest BCUT2D eigenvalue weighted by Crippen LogP contribution is -2.01. The van der Waals surface area contributed by atoms with Crippen molar-refractivity contribution in [3.63, 3.8) is 0 Å². The molecule has 0 amide bonds. The fourth-order valence-electron chi connectivity index (χ4n) is 1.42. The van der Waals surface area contributed by atoms with E-state index in [1.165, 1.54) is 15.6 Å². The minimum absolute atomic E-state index is 0.284. The summed E-state index contributed by atoms with van der Waals surface area (Å²) >= 11 is 5.27. The Morgan fingerprint density at radius 2 is 2.20 bits per heavy atom. The van der Waals surface area contributed by atoms with E-state index in [-0.39, 0.29) is 6.10 Å². The molecule has 0 fully saturated rings. The first kappa shape index (κ1) is 11.1. The molecule has 0 aliphatic rings. The molecule has 3 heteroatoms. The molecule has 2 rings (SSSR count). The molecular formula is C12H13BrOS. The van der Waals surface area contributed by atoms with E-state index < -0.39 is 0 Å². The molecule has 80 valence electrons. The van der Waals surface area contributed by atoms with E-state index in [1.807, 2.05) is 0 Å². The molecule has 0 spiro atoms. The molecule has 0 radical (unpaired) electrons. The summed E-state index contributed by atoms with van der Waals surface area (Å²) in [6, 6.07) is 6.37. The molecule has 0 N–H and O–H groups in total. The van der Waals surface area contributed by atoms with Gasteiger partial charge in [0, 0.05) is 9.17 Å². The van der Waals surface area contributed by atoms with Crippen molar-refractivity contribution in [2.75, 3.05) is 0 Å². The average molecular weight is 285 g/mol. The Morgan fingerprint density at radius 3 is 2.93 bits per heavy atom. The van der Waals surface area contributed by atoms with Crippen LogP contribution in [0.15, 0.2) is 28.1 Å². The summed E-state index contributed by atoms with van der Waals surface area (Å²) in [5.74, 6) is 0. The van der Waals surface area contributed by atoms with Gasteiger partial charge in [-0.15, -0.1) is 11.3 Å². The predicted octanol–water partition coefficient (Wildman–Crippen LogP) is 4.59. The highest BCUT2D eigenvalue weighted by Crippen LogP contribution is 2.29. The average Bonchev–Trinajstić information content (AvgIpc) is 2.57. The Labute approximate surface area is 102 Å². The number of ether oxygens (including phenoxy) is 1. The van der Waals surface area contributed by atoms with Gasteiger partial charge >= 0.3 is 0 Å². The maximum absolute atomic E-state index is 5.63. The Hall–Kier alpha value is -0.380. The van der Waals surface area contributed by atoms with Crippen LogP contribution in [0, 0.1) is 0 Å². The molecule has 0 saturated heterocycles. The first-order valence-corrected chi connectivity index (χ1v) is 6.61. The van der Waals surface area contributed by atoms with Crippen molar-refractivity contribution in [1.29, 1.82) is 0 Å². The fraction of sp³-hybridized carbons (Fsp3) is 0.333. The Bertz CT molecular complexity index is 462. The van der Waals surface area contributed by atoms with Gasteiger partial charge in [-0.1, -0.05) is 15.9 Å². The van der Waals surface area contributed by atoms with Crippen LogP contribution in [0.4, 0.5) is 0 Å². The van der Waals surface area contributed by atoms with Crippen LogP contribution >= 0.6 is 27.3 Å². The molecule has 0 saturated carbocycles. The summed E-state index contributed by atoms with van der Waals surface area (Å²) < 4.78 is 8.07. The van der Waals surface area contributed by atoms with Gasteiger partial charge in [0.05, 0.1) is 12.7 Å². The highest BCUT2D eigenvalue weighted by molar-refractivity contribution is 9.10. The zero-order valence-electron chi connectivity index (χ0n) is 8.79. The lowest BCUT2D eigenvalue weighted by molar-refractivity contribution is 0.0666. The number of fused-ring (bicyclic) bond motifs is 1. The van der Waals surface area contributed by atoms with Crippen LogP contribution in [0.2, 0.25) is 0 Å². The number of hydrogen-bond acceptors (Lipinski definition) is 2. The van der Waals surface area contributed by atoms with Gasteiger partial charge in [-0.05, 0) is 48.4 Å². The van der Waals surface area contributed by atoms with Gasteiger partial charge in [-0.25, -0.2) is 0 Å². The molecule has 1 aromatic heterocycles. The minimum atomic E-state index is 0.284. The maximum atomic E-state index is 5.63. The topological polar surface area (TPSA) is 9.23 Å². The molecule has 0 unspecified atom stereocenters. The zero-order chi connectivity index (χ0) is 10.8. The van der Waals surface area contributed by atoms with Crippen molar-refractivity contribution in [2.24, 2.45) is 0 Å². The molecule has 0 aliphatic carbocycles. The van der Waals surface area contributed by atoms with Gasteiger partial charge < -0.3 is 4.74 Å². The van der Waals surface area contributed by atoms with Crippen LogP contribution in [0.25, 0.3) is 10.1 Å². The van der Waals surface area contributed by atoms with E-state index in [0.717, 1.165) is 4.47 Å². The number of thiophene rings is 1. The van der Waals surface area contributed by atoms with Gasteiger partial charge in [0.15, 0.2) is 0 Å². The summed E-state index contributed by atoms with van der Waals surface area (Å²) in [5, 5.41) is 3.48.